The number of carboxylic acid groups (broad SMARTS) is 1. The third kappa shape index (κ3) is 7.23. The fourth-order valence-corrected chi connectivity index (χ4v) is 5.02. The monoisotopic (exact) mass is 656 g/mol. The van der Waals surface area contributed by atoms with Gasteiger partial charge in [-0.15, -0.1) is 0 Å². The van der Waals surface area contributed by atoms with Crippen LogP contribution in [0.25, 0.3) is 10.9 Å². The third-order valence-electron chi connectivity index (χ3n) is 6.46. The second-order valence-electron chi connectivity index (χ2n) is 10.5. The number of nitrogens with one attached hydrogen (secondary N) is 3. The number of piperazine rings is 1. The number of fused-ring (bicyclic) bond motifs is 1. The number of aromatic amines is 1. The van der Waals surface area contributed by atoms with Crippen molar-refractivity contribution in [2.24, 2.45) is 0 Å². The van der Waals surface area contributed by atoms with Gasteiger partial charge in [-0.25, -0.2) is 13.2 Å². The lowest BCUT2D eigenvalue weighted by molar-refractivity contribution is -0.271. The highest BCUT2D eigenvalue weighted by Gasteiger charge is 2.48. The van der Waals surface area contributed by atoms with Crippen molar-refractivity contribution in [2.45, 2.75) is 50.6 Å². The van der Waals surface area contributed by atoms with Gasteiger partial charge in [0, 0.05) is 54.7 Å². The summed E-state index contributed by atoms with van der Waals surface area (Å²) < 4.78 is 108. The minimum atomic E-state index is -3.69. The van der Waals surface area contributed by atoms with Crippen LogP contribution in [-0.4, -0.2) is 125 Å². The van der Waals surface area contributed by atoms with Crippen LogP contribution in [0.3, 0.4) is 0 Å². The van der Waals surface area contributed by atoms with Crippen LogP contribution < -0.4 is 19.7 Å². The Morgan fingerprint density at radius 1 is 1.09 bits per heavy atom. The summed E-state index contributed by atoms with van der Waals surface area (Å²) in [6.45, 7) is -11.4. The first-order valence-corrected chi connectivity index (χ1v) is 15.2. The normalized spacial score (nSPS) is 31.2. The predicted octanol–water partition coefficient (Wildman–Crippen LogP) is -0.0119. The predicted molar refractivity (Wildman–Crippen MR) is 163 cm³/mol. The molecule has 2 saturated heterocycles. The molecule has 2 aliphatic heterocycles. The van der Waals surface area contributed by atoms with Crippen molar-refractivity contribution >= 4 is 50.0 Å². The van der Waals surface area contributed by atoms with Crippen LogP contribution in [0.2, 0.25) is 0 Å². The van der Waals surface area contributed by atoms with Crippen molar-refractivity contribution in [1.29, 1.82) is 0 Å². The number of carboxylic acids is 1. The maximum atomic E-state index is 14.0. The summed E-state index contributed by atoms with van der Waals surface area (Å²) in [4.78, 5) is 32.1. The van der Waals surface area contributed by atoms with Gasteiger partial charge in [-0.05, 0) is 44.2 Å². The number of benzene rings is 1. The topological polar surface area (TPSA) is 227 Å². The van der Waals surface area contributed by atoms with E-state index in [9.17, 15) is 38.4 Å². The number of aromatic nitrogens is 2. The fourth-order valence-electron chi connectivity index (χ4n) is 4.47. The summed E-state index contributed by atoms with van der Waals surface area (Å²) in [5.74, 6) is -4.63. The Hall–Kier alpha value is -4.16. The molecule has 0 saturated carbocycles. The molecule has 244 valence electrons. The molecule has 0 aliphatic carbocycles. The van der Waals surface area contributed by atoms with E-state index in [-0.39, 0.29) is 32.1 Å². The van der Waals surface area contributed by atoms with Gasteiger partial charge >= 0.3 is 5.97 Å². The van der Waals surface area contributed by atoms with Crippen LogP contribution in [-0.2, 0) is 19.6 Å². The van der Waals surface area contributed by atoms with Crippen molar-refractivity contribution in [1.82, 2.24) is 14.9 Å². The minimum Gasteiger partial charge on any atom is -0.479 e. The van der Waals surface area contributed by atoms with E-state index < -0.39 is 102 Å². The number of ether oxygens (including phenoxy) is 2. The molecule has 45 heavy (non-hydrogen) atoms. The van der Waals surface area contributed by atoms with Gasteiger partial charge in [0.15, 0.2) is 11.9 Å². The van der Waals surface area contributed by atoms with Gasteiger partial charge in [0.1, 0.15) is 24.0 Å². The average Bonchev–Trinajstić information content (AvgIpc) is 3.44. The van der Waals surface area contributed by atoms with Crippen LogP contribution >= 0.6 is 0 Å². The first-order chi connectivity index (χ1) is 24.2. The lowest BCUT2D eigenvalue weighted by Crippen LogP contribution is -2.61. The standard InChI is InChI=1S/C28H36N6O10S/c1-14(2)29-18-6-7-20(43-28-23(37)21(35)22(36)24(44-28)27(39)40)31-25(18)33-8-10-34(11-9-33)26(38)19-13-15-12-16(32-45(3,41)42)4-5-17(15)30-19/h4-7,12-14,21-24,28-30,32,35-37H,8-11H2,1-3H3,(H,39,40)/t21-,22-,23+,24-,28+/m1/s1/i8D2,9D2,10D2,11D2. The van der Waals surface area contributed by atoms with Gasteiger partial charge in [0.25, 0.3) is 5.91 Å². The molecule has 4 heterocycles. The Morgan fingerprint density at radius 3 is 2.44 bits per heavy atom. The van der Waals surface area contributed by atoms with Gasteiger partial charge in [0.05, 0.1) is 22.9 Å². The molecule has 2 fully saturated rings. The number of aliphatic carboxylic acids is 1. The number of aliphatic hydroxyl groups excluding tert-OH is 3. The van der Waals surface area contributed by atoms with E-state index in [2.05, 4.69) is 20.0 Å². The Bertz CT molecular complexity index is 2010. The van der Waals surface area contributed by atoms with E-state index in [4.69, 9.17) is 20.4 Å². The highest BCUT2D eigenvalue weighted by molar-refractivity contribution is 7.92. The van der Waals surface area contributed by atoms with Gasteiger partial charge in [-0.3, -0.25) is 9.52 Å². The smallest absolute Gasteiger partial charge is 0.335 e. The lowest BCUT2D eigenvalue weighted by Gasteiger charge is -2.38. The van der Waals surface area contributed by atoms with Crippen LogP contribution in [0, 0.1) is 0 Å². The third-order valence-corrected chi connectivity index (χ3v) is 7.07. The van der Waals surface area contributed by atoms with E-state index in [1.807, 2.05) is 0 Å². The number of hydrogen-bond donors (Lipinski definition) is 7. The van der Waals surface area contributed by atoms with Crippen LogP contribution in [0.1, 0.15) is 35.3 Å². The van der Waals surface area contributed by atoms with E-state index in [1.54, 1.807) is 13.8 Å². The molecule has 1 aromatic carbocycles. The summed E-state index contributed by atoms with van der Waals surface area (Å²) in [5.41, 5.74) is -0.329. The largest absolute Gasteiger partial charge is 0.479 e. The van der Waals surface area contributed by atoms with Crippen molar-refractivity contribution in [3.8, 4) is 5.88 Å². The van der Waals surface area contributed by atoms with Gasteiger partial charge in [0.2, 0.25) is 22.2 Å². The van der Waals surface area contributed by atoms with E-state index >= 15 is 0 Å². The zero-order valence-electron chi connectivity index (χ0n) is 31.9. The van der Waals surface area contributed by atoms with E-state index in [0.717, 1.165) is 18.4 Å². The van der Waals surface area contributed by atoms with E-state index in [1.165, 1.54) is 24.3 Å². The molecule has 17 heteroatoms. The second-order valence-corrected chi connectivity index (χ2v) is 12.2. The Kier molecular flexibility index (Phi) is 6.54. The summed E-state index contributed by atoms with van der Waals surface area (Å²) >= 11 is 0. The van der Waals surface area contributed by atoms with Crippen molar-refractivity contribution < 1.29 is 58.9 Å². The number of nitrogens with zero attached hydrogens (tertiary/aromatic N) is 3. The number of aliphatic hydroxyl groups is 3. The molecule has 2 aliphatic rings. The molecule has 0 bridgehead atoms. The maximum Gasteiger partial charge on any atom is 0.335 e. The molecule has 0 unspecified atom stereocenters. The summed E-state index contributed by atoms with van der Waals surface area (Å²) in [6, 6.07) is 7.00. The number of hydrogen-bond acceptors (Lipinski definition) is 12. The van der Waals surface area contributed by atoms with Crippen molar-refractivity contribution in [2.75, 3.05) is 47.2 Å². The average molecular weight is 657 g/mol. The van der Waals surface area contributed by atoms with Crippen molar-refractivity contribution in [3.63, 3.8) is 0 Å². The molecule has 0 radical (unpaired) electrons. The van der Waals surface area contributed by atoms with Crippen molar-refractivity contribution in [3.05, 3.63) is 42.1 Å². The zero-order valence-corrected chi connectivity index (χ0v) is 24.7. The van der Waals surface area contributed by atoms with Crippen LogP contribution in [0.4, 0.5) is 17.2 Å². The number of rotatable bonds is 9. The number of amides is 1. The maximum absolute atomic E-state index is 14.0. The number of sulfonamides is 1. The molecule has 1 amide bonds. The van der Waals surface area contributed by atoms with Gasteiger partial charge in [-0.2, -0.15) is 4.98 Å². The number of H-pyrrole nitrogens is 1. The molecule has 0 spiro atoms. The molecule has 5 rings (SSSR count). The highest BCUT2D eigenvalue weighted by atomic mass is 32.2. The first-order valence-electron chi connectivity index (χ1n) is 17.3. The highest BCUT2D eigenvalue weighted by Crippen LogP contribution is 2.31. The molecule has 5 atom stereocenters. The Morgan fingerprint density at radius 2 is 1.80 bits per heavy atom. The van der Waals surface area contributed by atoms with Crippen LogP contribution in [0.5, 0.6) is 5.88 Å². The summed E-state index contributed by atoms with van der Waals surface area (Å²) in [6.07, 6.45) is -9.36. The van der Waals surface area contributed by atoms with Gasteiger partial charge in [-0.1, -0.05) is 0 Å². The zero-order chi connectivity index (χ0) is 39.8. The molecule has 7 N–H and O–H groups in total. The van der Waals surface area contributed by atoms with Gasteiger partial charge < -0.3 is 50.0 Å². The van der Waals surface area contributed by atoms with Crippen LogP contribution in [0.15, 0.2) is 36.4 Å². The number of pyridine rings is 1. The summed E-state index contributed by atoms with van der Waals surface area (Å²) in [5, 5.41) is 43.2. The molecular weight excluding hydrogens is 612 g/mol. The Labute approximate surface area is 269 Å². The quantitative estimate of drug-likeness (QED) is 0.161. The molecule has 3 aromatic rings. The lowest BCUT2D eigenvalue weighted by atomic mass is 9.99. The molecule has 2 aromatic heterocycles. The first kappa shape index (κ1) is 23.2. The van der Waals surface area contributed by atoms with E-state index in [0.29, 0.717) is 0 Å². The molecular formula is C28H36N6O10S. The SMILES string of the molecule is [2H]C1([2H])N(C(=O)c2cc3cc(NS(C)(=O)=O)ccc3[nH]2)C([2H])([2H])C([2H])([2H])N(c2nc(O[C@H]3O[C@@H](C(=O)O)[C@H](O)[C@@H](O)[C@@H]3O)ccc2NC(C)C)C1([2H])[2H]. The fraction of sp³-hybridized carbons (Fsp3) is 0.464. The minimum absolute atomic E-state index is 0.0481. The number of carbonyl (C=O) groups is 2. The number of anilines is 3. The Balaban J connectivity index is 1.58. The number of carbonyl (C=O) groups excluding carboxylic acids is 1. The second kappa shape index (κ2) is 12.7. The molecule has 16 nitrogen and oxygen atoms in total. The summed E-state index contributed by atoms with van der Waals surface area (Å²) in [7, 11) is -3.69.